The van der Waals surface area contributed by atoms with Crippen molar-refractivity contribution in [2.24, 2.45) is 0 Å². The lowest BCUT2D eigenvalue weighted by molar-refractivity contribution is -0.115. The number of carbonyl (C=O) groups is 1. The molecule has 1 aliphatic carbocycles. The average Bonchev–Trinajstić information content (AvgIpc) is 2.32. The zero-order chi connectivity index (χ0) is 11.6. The Labute approximate surface area is 94.9 Å². The van der Waals surface area contributed by atoms with Gasteiger partial charge in [0.15, 0.2) is 5.78 Å². The molecule has 1 N–H and O–H groups in total. The largest absolute Gasteiger partial charge is 0.381 e. The van der Waals surface area contributed by atoms with Gasteiger partial charge in [-0.25, -0.2) is 0 Å². The fourth-order valence-corrected chi connectivity index (χ4v) is 1.96. The van der Waals surface area contributed by atoms with Crippen molar-refractivity contribution < 1.29 is 9.90 Å². The zero-order valence-electron chi connectivity index (χ0n) is 9.02. The fourth-order valence-electron chi connectivity index (χ4n) is 1.96. The van der Waals surface area contributed by atoms with Gasteiger partial charge in [0, 0.05) is 6.42 Å². The molecule has 0 spiro atoms. The monoisotopic (exact) mass is 214 g/mol. The van der Waals surface area contributed by atoms with Crippen LogP contribution < -0.4 is 0 Å². The molecule has 82 valence electrons. The quantitative estimate of drug-likeness (QED) is 0.729. The van der Waals surface area contributed by atoms with Gasteiger partial charge in [-0.2, -0.15) is 0 Å². The molecule has 16 heavy (non-hydrogen) atoms. The first-order valence-electron chi connectivity index (χ1n) is 5.32. The van der Waals surface area contributed by atoms with E-state index in [9.17, 15) is 9.90 Å². The Morgan fingerprint density at radius 1 is 1.31 bits per heavy atom. The summed E-state index contributed by atoms with van der Waals surface area (Å²) in [6.07, 6.45) is 5.56. The third kappa shape index (κ3) is 1.84. The van der Waals surface area contributed by atoms with Crippen LogP contribution in [-0.2, 0) is 10.4 Å². The van der Waals surface area contributed by atoms with Gasteiger partial charge in [0.05, 0.1) is 0 Å². The lowest BCUT2D eigenvalue weighted by Gasteiger charge is -2.27. The Bertz CT molecular complexity index is 460. The first kappa shape index (κ1) is 10.8. The summed E-state index contributed by atoms with van der Waals surface area (Å²) in [5.41, 5.74) is 0.587. The van der Waals surface area contributed by atoms with Gasteiger partial charge in [-0.3, -0.25) is 4.79 Å². The molecule has 1 atom stereocenters. The third-order valence-electron chi connectivity index (χ3n) is 2.97. The first-order chi connectivity index (χ1) is 7.65. The van der Waals surface area contributed by atoms with Crippen LogP contribution in [0.4, 0.5) is 0 Å². The SMILES string of the molecule is C=CC1(O)CCC(=O)/C=C\c2ccccc21. The van der Waals surface area contributed by atoms with E-state index < -0.39 is 5.60 Å². The van der Waals surface area contributed by atoms with Gasteiger partial charge < -0.3 is 5.11 Å². The topological polar surface area (TPSA) is 37.3 Å². The standard InChI is InChI=1S/C14H14O2/c1-2-14(16)10-9-12(15)8-7-11-5-3-4-6-13(11)14/h2-8,16H,1,9-10H2/b8-7-. The smallest absolute Gasteiger partial charge is 0.155 e. The minimum Gasteiger partial charge on any atom is -0.381 e. The summed E-state index contributed by atoms with van der Waals surface area (Å²) in [5.74, 6) is 0.0368. The van der Waals surface area contributed by atoms with Crippen molar-refractivity contribution in [3.05, 3.63) is 54.1 Å². The molecule has 1 aliphatic rings. The maximum absolute atomic E-state index is 11.4. The van der Waals surface area contributed by atoms with Crippen LogP contribution in [0.5, 0.6) is 0 Å². The molecule has 2 rings (SSSR count). The summed E-state index contributed by atoms with van der Waals surface area (Å²) in [4.78, 5) is 11.4. The van der Waals surface area contributed by atoms with Crippen LogP contribution in [0.3, 0.4) is 0 Å². The van der Waals surface area contributed by atoms with Gasteiger partial charge in [0.2, 0.25) is 0 Å². The van der Waals surface area contributed by atoms with Gasteiger partial charge >= 0.3 is 0 Å². The van der Waals surface area contributed by atoms with E-state index in [1.165, 1.54) is 6.08 Å². The summed E-state index contributed by atoms with van der Waals surface area (Å²) < 4.78 is 0. The van der Waals surface area contributed by atoms with Crippen molar-refractivity contribution in [3.8, 4) is 0 Å². The lowest BCUT2D eigenvalue weighted by atomic mass is 9.83. The van der Waals surface area contributed by atoms with Gasteiger partial charge in [-0.1, -0.05) is 43.0 Å². The molecule has 0 saturated heterocycles. The van der Waals surface area contributed by atoms with E-state index in [1.807, 2.05) is 24.3 Å². The van der Waals surface area contributed by atoms with E-state index in [0.717, 1.165) is 11.1 Å². The Morgan fingerprint density at radius 2 is 2.06 bits per heavy atom. The van der Waals surface area contributed by atoms with Gasteiger partial charge in [-0.05, 0) is 23.6 Å². The predicted molar refractivity (Wildman–Crippen MR) is 63.8 cm³/mol. The normalized spacial score (nSPS) is 26.4. The Morgan fingerprint density at radius 3 is 2.81 bits per heavy atom. The number of rotatable bonds is 1. The molecule has 1 aromatic rings. The molecule has 1 aromatic carbocycles. The molecule has 2 heteroatoms. The Hall–Kier alpha value is -1.67. The number of carbonyl (C=O) groups excluding carboxylic acids is 1. The summed E-state index contributed by atoms with van der Waals surface area (Å²) in [6.45, 7) is 3.67. The number of ketones is 1. The van der Waals surface area contributed by atoms with Crippen LogP contribution in [0.25, 0.3) is 6.08 Å². The highest BCUT2D eigenvalue weighted by atomic mass is 16.3. The van der Waals surface area contributed by atoms with E-state index in [4.69, 9.17) is 0 Å². The minimum atomic E-state index is -1.10. The van der Waals surface area contributed by atoms with Crippen molar-refractivity contribution in [1.29, 1.82) is 0 Å². The molecule has 0 heterocycles. The number of hydrogen-bond acceptors (Lipinski definition) is 2. The molecule has 0 aliphatic heterocycles. The van der Waals surface area contributed by atoms with E-state index in [1.54, 1.807) is 12.2 Å². The Kier molecular flexibility index (Phi) is 2.75. The van der Waals surface area contributed by atoms with E-state index in [-0.39, 0.29) is 5.78 Å². The van der Waals surface area contributed by atoms with Crippen LogP contribution in [-0.4, -0.2) is 10.9 Å². The van der Waals surface area contributed by atoms with Crippen LogP contribution in [0.15, 0.2) is 43.0 Å². The molecule has 0 saturated carbocycles. The molecular formula is C14H14O2. The maximum Gasteiger partial charge on any atom is 0.155 e. The second kappa shape index (κ2) is 4.06. The molecule has 0 fully saturated rings. The molecule has 0 amide bonds. The third-order valence-corrected chi connectivity index (χ3v) is 2.97. The Balaban J connectivity index is 2.60. The predicted octanol–water partition coefficient (Wildman–Crippen LogP) is 2.44. The van der Waals surface area contributed by atoms with E-state index in [2.05, 4.69) is 6.58 Å². The molecule has 0 bridgehead atoms. The number of hydrogen-bond donors (Lipinski definition) is 1. The number of fused-ring (bicyclic) bond motifs is 1. The van der Waals surface area contributed by atoms with E-state index >= 15 is 0 Å². The first-order valence-corrected chi connectivity index (χ1v) is 5.32. The molecule has 0 aromatic heterocycles. The van der Waals surface area contributed by atoms with Crippen LogP contribution >= 0.6 is 0 Å². The van der Waals surface area contributed by atoms with Crippen molar-refractivity contribution in [2.75, 3.05) is 0 Å². The zero-order valence-corrected chi connectivity index (χ0v) is 9.02. The number of aliphatic hydroxyl groups is 1. The van der Waals surface area contributed by atoms with Crippen molar-refractivity contribution in [3.63, 3.8) is 0 Å². The van der Waals surface area contributed by atoms with Gasteiger partial charge in [0.25, 0.3) is 0 Å². The van der Waals surface area contributed by atoms with Gasteiger partial charge in [-0.15, -0.1) is 0 Å². The highest BCUT2D eigenvalue weighted by molar-refractivity contribution is 5.94. The maximum atomic E-state index is 11.4. The lowest BCUT2D eigenvalue weighted by Crippen LogP contribution is -2.25. The van der Waals surface area contributed by atoms with Gasteiger partial charge in [0.1, 0.15) is 5.60 Å². The minimum absolute atomic E-state index is 0.0368. The van der Waals surface area contributed by atoms with Crippen molar-refractivity contribution >= 4 is 11.9 Å². The van der Waals surface area contributed by atoms with Crippen LogP contribution in [0, 0.1) is 0 Å². The fraction of sp³-hybridized carbons (Fsp3) is 0.214. The molecular weight excluding hydrogens is 200 g/mol. The number of allylic oxidation sites excluding steroid dienone is 1. The number of benzene rings is 1. The summed E-state index contributed by atoms with van der Waals surface area (Å²) in [5, 5.41) is 10.5. The molecule has 0 radical (unpaired) electrons. The molecule has 2 nitrogen and oxygen atoms in total. The molecule has 1 unspecified atom stereocenters. The van der Waals surface area contributed by atoms with Crippen molar-refractivity contribution in [2.45, 2.75) is 18.4 Å². The van der Waals surface area contributed by atoms with Crippen LogP contribution in [0.1, 0.15) is 24.0 Å². The summed E-state index contributed by atoms with van der Waals surface area (Å²) in [6, 6.07) is 7.53. The van der Waals surface area contributed by atoms with E-state index in [0.29, 0.717) is 12.8 Å². The van der Waals surface area contributed by atoms with Crippen molar-refractivity contribution in [1.82, 2.24) is 0 Å². The van der Waals surface area contributed by atoms with Crippen LogP contribution in [0.2, 0.25) is 0 Å². The second-order valence-corrected chi connectivity index (χ2v) is 4.02. The summed E-state index contributed by atoms with van der Waals surface area (Å²) in [7, 11) is 0. The highest BCUT2D eigenvalue weighted by Crippen LogP contribution is 2.32. The summed E-state index contributed by atoms with van der Waals surface area (Å²) >= 11 is 0. The average molecular weight is 214 g/mol. The highest BCUT2D eigenvalue weighted by Gasteiger charge is 2.28. The second-order valence-electron chi connectivity index (χ2n) is 4.02.